The van der Waals surface area contributed by atoms with Gasteiger partial charge in [-0.25, -0.2) is 9.59 Å². The highest BCUT2D eigenvalue weighted by molar-refractivity contribution is 6.04. The molecule has 0 saturated heterocycles. The molecule has 7 heteroatoms. The molecule has 0 fully saturated rings. The van der Waals surface area contributed by atoms with E-state index in [-0.39, 0.29) is 6.10 Å². The second-order valence-corrected chi connectivity index (χ2v) is 6.75. The molecule has 3 rings (SSSR count). The first-order chi connectivity index (χ1) is 13.9. The molecule has 29 heavy (non-hydrogen) atoms. The maximum absolute atomic E-state index is 13.0. The Morgan fingerprint density at radius 3 is 2.31 bits per heavy atom. The van der Waals surface area contributed by atoms with Gasteiger partial charge in [-0.1, -0.05) is 36.4 Å². The lowest BCUT2D eigenvalue weighted by Gasteiger charge is -2.30. The number of methoxy groups -OCH3 is 2. The number of carbonyl (C=O) groups is 2. The van der Waals surface area contributed by atoms with Crippen molar-refractivity contribution >= 4 is 17.7 Å². The second kappa shape index (κ2) is 8.68. The van der Waals surface area contributed by atoms with Gasteiger partial charge in [-0.3, -0.25) is 0 Å². The zero-order chi connectivity index (χ0) is 21.0. The molecule has 0 radical (unpaired) electrons. The summed E-state index contributed by atoms with van der Waals surface area (Å²) < 4.78 is 16.2. The SMILES string of the molecule is COc1ccc(C2NC(=O)NC(c3ccccc3)=C2C(=O)OC(C)C)cc1OC. The van der Waals surface area contributed by atoms with Gasteiger partial charge in [0.1, 0.15) is 0 Å². The number of amides is 2. The monoisotopic (exact) mass is 396 g/mol. The minimum Gasteiger partial charge on any atom is -0.493 e. The normalized spacial score (nSPS) is 16.2. The highest BCUT2D eigenvalue weighted by Crippen LogP contribution is 2.36. The molecule has 152 valence electrons. The van der Waals surface area contributed by atoms with Gasteiger partial charge in [-0.2, -0.15) is 0 Å². The van der Waals surface area contributed by atoms with Crippen molar-refractivity contribution in [3.8, 4) is 11.5 Å². The van der Waals surface area contributed by atoms with Crippen molar-refractivity contribution in [1.82, 2.24) is 10.6 Å². The van der Waals surface area contributed by atoms with Crippen LogP contribution in [0.25, 0.3) is 5.70 Å². The molecule has 0 spiro atoms. The number of nitrogens with one attached hydrogen (secondary N) is 2. The number of benzene rings is 2. The van der Waals surface area contributed by atoms with Crippen LogP contribution in [0.2, 0.25) is 0 Å². The molecule has 1 heterocycles. The van der Waals surface area contributed by atoms with Crippen molar-refractivity contribution in [3.63, 3.8) is 0 Å². The van der Waals surface area contributed by atoms with Gasteiger partial charge < -0.3 is 24.8 Å². The Morgan fingerprint density at radius 2 is 1.69 bits per heavy atom. The van der Waals surface area contributed by atoms with Crippen LogP contribution in [0.15, 0.2) is 54.1 Å². The predicted molar refractivity (Wildman–Crippen MR) is 109 cm³/mol. The molecule has 0 bridgehead atoms. The smallest absolute Gasteiger partial charge is 0.338 e. The van der Waals surface area contributed by atoms with Crippen molar-refractivity contribution in [1.29, 1.82) is 0 Å². The first kappa shape index (κ1) is 20.3. The van der Waals surface area contributed by atoms with E-state index in [1.807, 2.05) is 30.3 Å². The number of ether oxygens (including phenoxy) is 3. The van der Waals surface area contributed by atoms with Crippen molar-refractivity contribution in [2.45, 2.75) is 26.0 Å². The fourth-order valence-corrected chi connectivity index (χ4v) is 3.18. The molecule has 7 nitrogen and oxygen atoms in total. The standard InChI is InChI=1S/C22H24N2O5/c1-13(2)29-21(25)18-19(14-8-6-5-7-9-14)23-22(26)24-20(18)15-10-11-16(27-3)17(12-15)28-4/h5-13,20H,1-4H3,(H2,23,24,26). The molecule has 0 saturated carbocycles. The number of esters is 1. The zero-order valence-corrected chi connectivity index (χ0v) is 16.8. The molecular formula is C22H24N2O5. The van der Waals surface area contributed by atoms with E-state index in [4.69, 9.17) is 14.2 Å². The number of hydrogen-bond donors (Lipinski definition) is 2. The highest BCUT2D eigenvalue weighted by atomic mass is 16.5. The van der Waals surface area contributed by atoms with Crippen LogP contribution >= 0.6 is 0 Å². The third-order valence-electron chi connectivity index (χ3n) is 4.44. The third-order valence-corrected chi connectivity index (χ3v) is 4.44. The van der Waals surface area contributed by atoms with Crippen LogP contribution in [0.5, 0.6) is 11.5 Å². The fourth-order valence-electron chi connectivity index (χ4n) is 3.18. The topological polar surface area (TPSA) is 85.9 Å². The Bertz CT molecular complexity index is 937. The highest BCUT2D eigenvalue weighted by Gasteiger charge is 2.35. The molecule has 0 aliphatic carbocycles. The lowest BCUT2D eigenvalue weighted by molar-refractivity contribution is -0.143. The van der Waals surface area contributed by atoms with E-state index in [0.717, 1.165) is 0 Å². The van der Waals surface area contributed by atoms with Crippen molar-refractivity contribution in [2.24, 2.45) is 0 Å². The molecule has 1 aliphatic rings. The van der Waals surface area contributed by atoms with Gasteiger partial charge >= 0.3 is 12.0 Å². The average molecular weight is 396 g/mol. The Hall–Kier alpha value is -3.48. The lowest BCUT2D eigenvalue weighted by atomic mass is 9.92. The van der Waals surface area contributed by atoms with Gasteiger partial charge in [0.05, 0.1) is 37.6 Å². The summed E-state index contributed by atoms with van der Waals surface area (Å²) in [6, 6.07) is 13.3. The van der Waals surface area contributed by atoms with Crippen LogP contribution in [0.3, 0.4) is 0 Å². The maximum atomic E-state index is 13.0. The summed E-state index contributed by atoms with van der Waals surface area (Å²) in [6.45, 7) is 3.56. The Kier molecular flexibility index (Phi) is 6.07. The lowest BCUT2D eigenvalue weighted by Crippen LogP contribution is -2.45. The number of hydrogen-bond acceptors (Lipinski definition) is 5. The molecule has 1 unspecified atom stereocenters. The molecule has 2 N–H and O–H groups in total. The summed E-state index contributed by atoms with van der Waals surface area (Å²) >= 11 is 0. The minimum atomic E-state index is -0.718. The third kappa shape index (κ3) is 4.34. The van der Waals surface area contributed by atoms with Crippen LogP contribution in [0, 0.1) is 0 Å². The first-order valence-corrected chi connectivity index (χ1v) is 9.24. The summed E-state index contributed by atoms with van der Waals surface area (Å²) in [5, 5.41) is 5.58. The van der Waals surface area contributed by atoms with E-state index >= 15 is 0 Å². The first-order valence-electron chi connectivity index (χ1n) is 9.24. The van der Waals surface area contributed by atoms with Gasteiger partial charge in [0.25, 0.3) is 0 Å². The molecule has 2 aromatic rings. The molecule has 1 aliphatic heterocycles. The summed E-state index contributed by atoms with van der Waals surface area (Å²) in [7, 11) is 3.07. The van der Waals surface area contributed by atoms with E-state index in [0.29, 0.717) is 33.9 Å². The average Bonchev–Trinajstić information content (AvgIpc) is 2.72. The molecule has 0 aromatic heterocycles. The van der Waals surface area contributed by atoms with Gasteiger partial charge in [-0.15, -0.1) is 0 Å². The Labute approximate surface area is 169 Å². The van der Waals surface area contributed by atoms with Crippen LogP contribution in [-0.2, 0) is 9.53 Å². The summed E-state index contributed by atoms with van der Waals surface area (Å²) in [4.78, 5) is 25.5. The van der Waals surface area contributed by atoms with Gasteiger partial charge in [0.2, 0.25) is 0 Å². The fraction of sp³-hybridized carbons (Fsp3) is 0.273. The quantitative estimate of drug-likeness (QED) is 0.731. The number of carbonyl (C=O) groups excluding carboxylic acids is 2. The molecular weight excluding hydrogens is 372 g/mol. The van der Waals surface area contributed by atoms with Gasteiger partial charge in [0, 0.05) is 0 Å². The molecule has 2 aromatic carbocycles. The predicted octanol–water partition coefficient (Wildman–Crippen LogP) is 3.42. The summed E-state index contributed by atoms with van der Waals surface area (Å²) in [6.07, 6.45) is -0.310. The van der Waals surface area contributed by atoms with E-state index in [1.54, 1.807) is 39.2 Å². The van der Waals surface area contributed by atoms with E-state index in [2.05, 4.69) is 10.6 Å². The van der Waals surface area contributed by atoms with Crippen LogP contribution in [0.1, 0.15) is 31.0 Å². The largest absolute Gasteiger partial charge is 0.493 e. The van der Waals surface area contributed by atoms with Crippen molar-refractivity contribution < 1.29 is 23.8 Å². The minimum absolute atomic E-state index is 0.310. The van der Waals surface area contributed by atoms with Crippen LogP contribution in [0.4, 0.5) is 4.79 Å². The van der Waals surface area contributed by atoms with E-state index < -0.39 is 18.0 Å². The van der Waals surface area contributed by atoms with Crippen LogP contribution < -0.4 is 20.1 Å². The zero-order valence-electron chi connectivity index (χ0n) is 16.8. The maximum Gasteiger partial charge on any atom is 0.338 e. The van der Waals surface area contributed by atoms with Crippen molar-refractivity contribution in [3.05, 3.63) is 65.2 Å². The second-order valence-electron chi connectivity index (χ2n) is 6.75. The van der Waals surface area contributed by atoms with Gasteiger partial charge in [-0.05, 0) is 37.1 Å². The van der Waals surface area contributed by atoms with E-state index in [1.165, 1.54) is 7.11 Å². The number of rotatable bonds is 6. The Morgan fingerprint density at radius 1 is 1.00 bits per heavy atom. The molecule has 1 atom stereocenters. The molecule has 2 amide bonds. The number of urea groups is 1. The van der Waals surface area contributed by atoms with Crippen molar-refractivity contribution in [2.75, 3.05) is 14.2 Å². The Balaban J connectivity index is 2.18. The van der Waals surface area contributed by atoms with E-state index in [9.17, 15) is 9.59 Å². The van der Waals surface area contributed by atoms with Crippen LogP contribution in [-0.4, -0.2) is 32.3 Å². The summed E-state index contributed by atoms with van der Waals surface area (Å²) in [5.74, 6) is 0.539. The summed E-state index contributed by atoms with van der Waals surface area (Å²) in [5.41, 5.74) is 2.11. The van der Waals surface area contributed by atoms with Gasteiger partial charge in [0.15, 0.2) is 11.5 Å².